The predicted octanol–water partition coefficient (Wildman–Crippen LogP) is 4.75. The molecular weight excluding hydrogens is 333 g/mol. The second kappa shape index (κ2) is 6.57. The van der Waals surface area contributed by atoms with Crippen molar-refractivity contribution in [2.75, 3.05) is 5.32 Å². The van der Waals surface area contributed by atoms with E-state index < -0.39 is 5.41 Å². The Hall–Kier alpha value is -2.09. The lowest BCUT2D eigenvalue weighted by Crippen LogP contribution is -2.17. The van der Waals surface area contributed by atoms with Crippen LogP contribution >= 0.6 is 23.2 Å². The number of aryl methyl sites for hydroxylation is 1. The Morgan fingerprint density at radius 3 is 2.65 bits per heavy atom. The molecule has 0 spiro atoms. The van der Waals surface area contributed by atoms with Gasteiger partial charge in [-0.1, -0.05) is 35.3 Å². The van der Waals surface area contributed by atoms with E-state index in [0.717, 1.165) is 5.56 Å². The summed E-state index contributed by atoms with van der Waals surface area (Å²) in [5.74, 6) is -0.343. The van der Waals surface area contributed by atoms with Crippen LogP contribution in [-0.4, -0.2) is 10.9 Å². The number of nitriles is 1. The quantitative estimate of drug-likeness (QED) is 0.814. The van der Waals surface area contributed by atoms with Gasteiger partial charge in [-0.15, -0.1) is 0 Å². The summed E-state index contributed by atoms with van der Waals surface area (Å²) < 4.78 is 0. The summed E-state index contributed by atoms with van der Waals surface area (Å²) in [6.45, 7) is 5.32. The van der Waals surface area contributed by atoms with E-state index in [1.807, 2.05) is 6.07 Å². The smallest absolute Gasteiger partial charge is 0.255 e. The van der Waals surface area contributed by atoms with Crippen LogP contribution in [-0.2, 0) is 5.41 Å². The Labute approximate surface area is 145 Å². The first-order valence-corrected chi connectivity index (χ1v) is 7.66. The fraction of sp³-hybridized carbons (Fsp3) is 0.235. The molecule has 2 rings (SSSR count). The van der Waals surface area contributed by atoms with E-state index in [1.54, 1.807) is 45.0 Å². The van der Waals surface area contributed by atoms with Crippen molar-refractivity contribution in [3.63, 3.8) is 0 Å². The first-order chi connectivity index (χ1) is 10.7. The van der Waals surface area contributed by atoms with Crippen LogP contribution in [0.4, 0.5) is 5.69 Å². The molecule has 6 heteroatoms. The van der Waals surface area contributed by atoms with Gasteiger partial charge in [-0.05, 0) is 44.5 Å². The van der Waals surface area contributed by atoms with Gasteiger partial charge in [0.2, 0.25) is 0 Å². The predicted molar refractivity (Wildman–Crippen MR) is 92.0 cm³/mol. The van der Waals surface area contributed by atoms with Crippen molar-refractivity contribution in [3.05, 3.63) is 57.3 Å². The van der Waals surface area contributed by atoms with Crippen LogP contribution in [0.2, 0.25) is 10.2 Å². The highest BCUT2D eigenvalue weighted by Gasteiger charge is 2.21. The van der Waals surface area contributed by atoms with Gasteiger partial charge in [-0.2, -0.15) is 5.26 Å². The number of rotatable bonds is 3. The first kappa shape index (κ1) is 17.3. The lowest BCUT2D eigenvalue weighted by molar-refractivity contribution is 0.102. The van der Waals surface area contributed by atoms with Gasteiger partial charge >= 0.3 is 0 Å². The summed E-state index contributed by atoms with van der Waals surface area (Å²) in [6.07, 6.45) is 0. The Morgan fingerprint density at radius 2 is 2.00 bits per heavy atom. The number of hydrogen-bond donors (Lipinski definition) is 1. The zero-order valence-corrected chi connectivity index (χ0v) is 14.5. The van der Waals surface area contributed by atoms with E-state index in [1.165, 1.54) is 0 Å². The van der Waals surface area contributed by atoms with Crippen LogP contribution in [0.5, 0.6) is 0 Å². The van der Waals surface area contributed by atoms with Crippen LogP contribution in [0.15, 0.2) is 30.3 Å². The maximum absolute atomic E-state index is 12.4. The standard InChI is InChI=1S/C17H15Cl2N3O/c1-10-13(18)8-14(15(19)21-10)22-16(23)11-5-4-6-12(7-11)17(2,3)9-20/h4-8H,1-3H3,(H,22,23). The highest BCUT2D eigenvalue weighted by Crippen LogP contribution is 2.27. The fourth-order valence-corrected chi connectivity index (χ4v) is 2.33. The van der Waals surface area contributed by atoms with Crippen LogP contribution in [0, 0.1) is 18.3 Å². The number of halogens is 2. The number of aromatic nitrogens is 1. The van der Waals surface area contributed by atoms with Crippen LogP contribution in [0.3, 0.4) is 0 Å². The number of pyridine rings is 1. The fourth-order valence-electron chi connectivity index (χ4n) is 1.95. The van der Waals surface area contributed by atoms with Gasteiger partial charge in [0.1, 0.15) is 0 Å². The summed E-state index contributed by atoms with van der Waals surface area (Å²) in [6, 6.07) is 10.7. The Morgan fingerprint density at radius 1 is 1.30 bits per heavy atom. The Kier molecular flexibility index (Phi) is 4.93. The number of nitrogens with zero attached hydrogens (tertiary/aromatic N) is 2. The zero-order valence-electron chi connectivity index (χ0n) is 12.9. The lowest BCUT2D eigenvalue weighted by atomic mass is 9.85. The average molecular weight is 348 g/mol. The molecule has 4 nitrogen and oxygen atoms in total. The number of carbonyl (C=O) groups excluding carboxylic acids is 1. The second-order valence-corrected chi connectivity index (χ2v) is 6.43. The Balaban J connectivity index is 2.31. The van der Waals surface area contributed by atoms with E-state index in [-0.39, 0.29) is 11.1 Å². The average Bonchev–Trinajstić information content (AvgIpc) is 2.52. The SMILES string of the molecule is Cc1nc(Cl)c(NC(=O)c2cccc(C(C)(C)C#N)c2)cc1Cl. The van der Waals surface area contributed by atoms with Crippen molar-refractivity contribution in [1.82, 2.24) is 4.98 Å². The number of amides is 1. The van der Waals surface area contributed by atoms with Crippen LogP contribution < -0.4 is 5.32 Å². The highest BCUT2D eigenvalue weighted by molar-refractivity contribution is 6.35. The highest BCUT2D eigenvalue weighted by atomic mass is 35.5. The molecule has 0 unspecified atom stereocenters. The van der Waals surface area contributed by atoms with Crippen LogP contribution in [0.1, 0.15) is 35.5 Å². The second-order valence-electron chi connectivity index (χ2n) is 5.67. The van der Waals surface area contributed by atoms with Gasteiger partial charge in [0, 0.05) is 5.56 Å². The molecular formula is C17H15Cl2N3O. The van der Waals surface area contributed by atoms with Gasteiger partial charge in [-0.25, -0.2) is 4.98 Å². The Bertz CT molecular complexity index is 810. The monoisotopic (exact) mass is 347 g/mol. The van der Waals surface area contributed by atoms with E-state index >= 15 is 0 Å². The van der Waals surface area contributed by atoms with Crippen molar-refractivity contribution in [2.45, 2.75) is 26.2 Å². The molecule has 0 saturated carbocycles. The minimum absolute atomic E-state index is 0.175. The molecule has 23 heavy (non-hydrogen) atoms. The van der Waals surface area contributed by atoms with E-state index in [4.69, 9.17) is 23.2 Å². The topological polar surface area (TPSA) is 65.8 Å². The normalized spacial score (nSPS) is 11.0. The van der Waals surface area contributed by atoms with Crippen molar-refractivity contribution < 1.29 is 4.79 Å². The molecule has 0 saturated heterocycles. The van der Waals surface area contributed by atoms with Crippen LogP contribution in [0.25, 0.3) is 0 Å². The third-order valence-electron chi connectivity index (χ3n) is 3.48. The van der Waals surface area contributed by atoms with Gasteiger partial charge in [-0.3, -0.25) is 4.79 Å². The molecule has 1 aromatic carbocycles. The van der Waals surface area contributed by atoms with E-state index in [2.05, 4.69) is 16.4 Å². The summed E-state index contributed by atoms with van der Waals surface area (Å²) in [7, 11) is 0. The van der Waals surface area contributed by atoms with Crippen molar-refractivity contribution in [1.29, 1.82) is 5.26 Å². The minimum Gasteiger partial charge on any atom is -0.319 e. The summed E-state index contributed by atoms with van der Waals surface area (Å²) in [5, 5.41) is 12.5. The van der Waals surface area contributed by atoms with E-state index in [0.29, 0.717) is 22.0 Å². The van der Waals surface area contributed by atoms with Crippen molar-refractivity contribution in [3.8, 4) is 6.07 Å². The number of anilines is 1. The van der Waals surface area contributed by atoms with E-state index in [9.17, 15) is 10.1 Å². The van der Waals surface area contributed by atoms with Crippen molar-refractivity contribution in [2.24, 2.45) is 0 Å². The maximum Gasteiger partial charge on any atom is 0.255 e. The molecule has 0 fully saturated rings. The largest absolute Gasteiger partial charge is 0.319 e. The number of hydrogen-bond acceptors (Lipinski definition) is 3. The molecule has 118 valence electrons. The number of benzene rings is 1. The summed E-state index contributed by atoms with van der Waals surface area (Å²) in [5.41, 5.74) is 1.45. The molecule has 0 bridgehead atoms. The number of carbonyl (C=O) groups is 1. The zero-order chi connectivity index (χ0) is 17.2. The first-order valence-electron chi connectivity index (χ1n) is 6.90. The molecule has 2 aromatic rings. The third-order valence-corrected chi connectivity index (χ3v) is 4.15. The summed E-state index contributed by atoms with van der Waals surface area (Å²) >= 11 is 12.0. The molecule has 0 radical (unpaired) electrons. The summed E-state index contributed by atoms with van der Waals surface area (Å²) in [4.78, 5) is 16.5. The molecule has 0 aliphatic carbocycles. The molecule has 1 aromatic heterocycles. The molecule has 1 amide bonds. The van der Waals surface area contributed by atoms with Gasteiger partial charge in [0.05, 0.1) is 27.9 Å². The minimum atomic E-state index is -0.678. The lowest BCUT2D eigenvalue weighted by Gasteiger charge is -2.16. The molecule has 0 aliphatic rings. The van der Waals surface area contributed by atoms with Crippen molar-refractivity contribution >= 4 is 34.8 Å². The number of nitrogens with one attached hydrogen (secondary N) is 1. The maximum atomic E-state index is 12.4. The van der Waals surface area contributed by atoms with Gasteiger partial charge in [0.25, 0.3) is 5.91 Å². The molecule has 0 aliphatic heterocycles. The van der Waals surface area contributed by atoms with Gasteiger partial charge < -0.3 is 5.32 Å². The van der Waals surface area contributed by atoms with Gasteiger partial charge in [0.15, 0.2) is 5.15 Å². The molecule has 1 N–H and O–H groups in total. The third kappa shape index (κ3) is 3.82. The molecule has 0 atom stereocenters. The molecule has 1 heterocycles.